The number of carbonyl (C=O) groups excluding carboxylic acids is 1. The molecule has 0 fully saturated rings. The molecule has 1 amide bonds. The first-order valence-corrected chi connectivity index (χ1v) is 6.62. The van der Waals surface area contributed by atoms with Crippen LogP contribution in [0.25, 0.3) is 0 Å². The molecule has 16 heavy (non-hydrogen) atoms. The molecule has 0 aliphatic carbocycles. The zero-order valence-electron chi connectivity index (χ0n) is 9.50. The Morgan fingerprint density at radius 1 is 1.38 bits per heavy atom. The fourth-order valence-corrected chi connectivity index (χ4v) is 1.97. The van der Waals surface area contributed by atoms with E-state index in [1.807, 2.05) is 38.1 Å². The van der Waals surface area contributed by atoms with E-state index in [0.717, 1.165) is 10.8 Å². The summed E-state index contributed by atoms with van der Waals surface area (Å²) in [6.45, 7) is 4.48. The molecule has 4 heteroatoms. The van der Waals surface area contributed by atoms with Crippen molar-refractivity contribution in [3.8, 4) is 0 Å². The van der Waals surface area contributed by atoms with Crippen LogP contribution in [0.15, 0.2) is 29.2 Å². The number of thioether (sulfide) groups is 1. The van der Waals surface area contributed by atoms with Gasteiger partial charge in [-0.15, -0.1) is 11.8 Å². The number of nitrogens with one attached hydrogen (secondary N) is 1. The summed E-state index contributed by atoms with van der Waals surface area (Å²) in [6, 6.07) is 7.71. The lowest BCUT2D eigenvalue weighted by molar-refractivity contribution is -0.123. The molecule has 1 N–H and O–H groups in total. The summed E-state index contributed by atoms with van der Waals surface area (Å²) >= 11 is 7.49. The quantitative estimate of drug-likeness (QED) is 0.648. The van der Waals surface area contributed by atoms with Crippen LogP contribution in [0.5, 0.6) is 0 Å². The molecule has 0 unspecified atom stereocenters. The Hall–Kier alpha value is -0.670. The highest BCUT2D eigenvalue weighted by atomic mass is 35.5. The van der Waals surface area contributed by atoms with Crippen LogP contribution in [-0.2, 0) is 4.79 Å². The molecule has 0 spiro atoms. The third-order valence-corrected chi connectivity index (χ3v) is 3.27. The average molecular weight is 258 g/mol. The summed E-state index contributed by atoms with van der Waals surface area (Å²) in [5, 5.41) is 3.63. The predicted molar refractivity (Wildman–Crippen MR) is 70.0 cm³/mol. The Labute approximate surface area is 106 Å². The molecule has 0 bridgehead atoms. The molecule has 0 aliphatic heterocycles. The van der Waals surface area contributed by atoms with Crippen molar-refractivity contribution in [2.75, 3.05) is 12.3 Å². The van der Waals surface area contributed by atoms with E-state index in [4.69, 9.17) is 11.6 Å². The van der Waals surface area contributed by atoms with Crippen molar-refractivity contribution in [2.45, 2.75) is 18.7 Å². The summed E-state index contributed by atoms with van der Waals surface area (Å²) in [5.74, 6) is 1.04. The molecule has 88 valence electrons. The molecule has 0 saturated heterocycles. The first kappa shape index (κ1) is 13.4. The third-order valence-electron chi connectivity index (χ3n) is 2.01. The van der Waals surface area contributed by atoms with E-state index in [1.165, 1.54) is 4.90 Å². The van der Waals surface area contributed by atoms with Crippen LogP contribution in [0.4, 0.5) is 0 Å². The number of benzene rings is 1. The summed E-state index contributed by atoms with van der Waals surface area (Å²) < 4.78 is 0. The fraction of sp³-hybridized carbons (Fsp3) is 0.417. The molecule has 0 saturated carbocycles. The standard InChI is InChI=1S/C12H16ClNOS/c1-9(2)12(15)14-7-8-16-11-5-3-10(13)4-6-11/h3-6,9H,7-8H2,1-2H3,(H,14,15). The second-order valence-corrected chi connectivity index (χ2v) is 5.35. The molecule has 1 aromatic rings. The lowest BCUT2D eigenvalue weighted by atomic mass is 10.2. The van der Waals surface area contributed by atoms with Crippen LogP contribution in [-0.4, -0.2) is 18.2 Å². The minimum atomic E-state index is 0.0560. The molecule has 0 aliphatic rings. The van der Waals surface area contributed by atoms with Gasteiger partial charge in [-0.1, -0.05) is 25.4 Å². The number of amides is 1. The highest BCUT2D eigenvalue weighted by Crippen LogP contribution is 2.19. The van der Waals surface area contributed by atoms with Crippen LogP contribution in [0, 0.1) is 5.92 Å². The number of halogens is 1. The van der Waals surface area contributed by atoms with Crippen LogP contribution in [0.3, 0.4) is 0 Å². The average Bonchev–Trinajstić information content (AvgIpc) is 2.26. The van der Waals surface area contributed by atoms with Crippen LogP contribution in [0.1, 0.15) is 13.8 Å². The largest absolute Gasteiger partial charge is 0.355 e. The van der Waals surface area contributed by atoms with Gasteiger partial charge in [-0.2, -0.15) is 0 Å². The maximum atomic E-state index is 11.3. The maximum absolute atomic E-state index is 11.3. The smallest absolute Gasteiger partial charge is 0.222 e. The van der Waals surface area contributed by atoms with E-state index < -0.39 is 0 Å². The Balaban J connectivity index is 2.21. The van der Waals surface area contributed by atoms with Crippen LogP contribution >= 0.6 is 23.4 Å². The van der Waals surface area contributed by atoms with Crippen molar-refractivity contribution in [2.24, 2.45) is 5.92 Å². The molecular formula is C12H16ClNOS. The van der Waals surface area contributed by atoms with Gasteiger partial charge in [-0.3, -0.25) is 4.79 Å². The molecule has 0 heterocycles. The zero-order valence-corrected chi connectivity index (χ0v) is 11.1. The van der Waals surface area contributed by atoms with Gasteiger partial charge >= 0.3 is 0 Å². The van der Waals surface area contributed by atoms with Gasteiger partial charge in [0, 0.05) is 28.1 Å². The highest BCUT2D eigenvalue weighted by molar-refractivity contribution is 7.99. The first-order chi connectivity index (χ1) is 7.59. The van der Waals surface area contributed by atoms with Gasteiger partial charge in [0.2, 0.25) is 5.91 Å². The first-order valence-electron chi connectivity index (χ1n) is 5.25. The summed E-state index contributed by atoms with van der Waals surface area (Å²) in [6.07, 6.45) is 0. The van der Waals surface area contributed by atoms with E-state index in [2.05, 4.69) is 5.32 Å². The minimum Gasteiger partial charge on any atom is -0.355 e. The van der Waals surface area contributed by atoms with E-state index in [1.54, 1.807) is 11.8 Å². The van der Waals surface area contributed by atoms with Gasteiger partial charge in [0.1, 0.15) is 0 Å². The Kier molecular flexibility index (Phi) is 5.71. The molecule has 1 aromatic carbocycles. The Morgan fingerprint density at radius 2 is 2.00 bits per heavy atom. The van der Waals surface area contributed by atoms with E-state index in [9.17, 15) is 4.79 Å². The predicted octanol–water partition coefficient (Wildman–Crippen LogP) is 3.20. The maximum Gasteiger partial charge on any atom is 0.222 e. The number of carbonyl (C=O) groups is 1. The Morgan fingerprint density at radius 3 is 2.56 bits per heavy atom. The molecular weight excluding hydrogens is 242 g/mol. The second kappa shape index (κ2) is 6.81. The Bertz CT molecular complexity index is 337. The van der Waals surface area contributed by atoms with Crippen LogP contribution < -0.4 is 5.32 Å². The van der Waals surface area contributed by atoms with Crippen molar-refractivity contribution < 1.29 is 4.79 Å². The van der Waals surface area contributed by atoms with E-state index in [-0.39, 0.29) is 11.8 Å². The minimum absolute atomic E-state index is 0.0560. The molecule has 0 radical (unpaired) electrons. The van der Waals surface area contributed by atoms with Crippen LogP contribution in [0.2, 0.25) is 5.02 Å². The van der Waals surface area contributed by atoms with Crippen molar-refractivity contribution in [3.05, 3.63) is 29.3 Å². The van der Waals surface area contributed by atoms with Crippen molar-refractivity contribution in [1.29, 1.82) is 0 Å². The monoisotopic (exact) mass is 257 g/mol. The summed E-state index contributed by atoms with van der Waals surface area (Å²) in [7, 11) is 0. The highest BCUT2D eigenvalue weighted by Gasteiger charge is 2.04. The lowest BCUT2D eigenvalue weighted by Gasteiger charge is -2.07. The van der Waals surface area contributed by atoms with Crippen molar-refractivity contribution in [1.82, 2.24) is 5.32 Å². The number of hydrogen-bond acceptors (Lipinski definition) is 2. The number of rotatable bonds is 5. The summed E-state index contributed by atoms with van der Waals surface area (Å²) in [5.41, 5.74) is 0. The van der Waals surface area contributed by atoms with E-state index in [0.29, 0.717) is 6.54 Å². The SMILES string of the molecule is CC(C)C(=O)NCCSc1ccc(Cl)cc1. The van der Waals surface area contributed by atoms with Gasteiger partial charge < -0.3 is 5.32 Å². The van der Waals surface area contributed by atoms with Crippen molar-refractivity contribution in [3.63, 3.8) is 0 Å². The van der Waals surface area contributed by atoms with Gasteiger partial charge in [0.15, 0.2) is 0 Å². The van der Waals surface area contributed by atoms with Gasteiger partial charge in [0.05, 0.1) is 0 Å². The fourth-order valence-electron chi connectivity index (χ4n) is 1.08. The molecule has 0 atom stereocenters. The zero-order chi connectivity index (χ0) is 12.0. The molecule has 2 nitrogen and oxygen atoms in total. The van der Waals surface area contributed by atoms with Gasteiger partial charge in [-0.05, 0) is 24.3 Å². The molecule has 1 rings (SSSR count). The van der Waals surface area contributed by atoms with Gasteiger partial charge in [-0.25, -0.2) is 0 Å². The van der Waals surface area contributed by atoms with E-state index >= 15 is 0 Å². The third kappa shape index (κ3) is 4.90. The van der Waals surface area contributed by atoms with Gasteiger partial charge in [0.25, 0.3) is 0 Å². The molecule has 0 aromatic heterocycles. The van der Waals surface area contributed by atoms with Crippen molar-refractivity contribution >= 4 is 29.3 Å². The second-order valence-electron chi connectivity index (χ2n) is 3.75. The summed E-state index contributed by atoms with van der Waals surface area (Å²) in [4.78, 5) is 12.4. The topological polar surface area (TPSA) is 29.1 Å². The number of hydrogen-bond donors (Lipinski definition) is 1. The lowest BCUT2D eigenvalue weighted by Crippen LogP contribution is -2.29. The normalized spacial score (nSPS) is 10.5.